The van der Waals surface area contributed by atoms with Crippen LogP contribution in [0.3, 0.4) is 0 Å². The zero-order valence-corrected chi connectivity index (χ0v) is 20.7. The van der Waals surface area contributed by atoms with E-state index in [2.05, 4.69) is 21.2 Å². The van der Waals surface area contributed by atoms with E-state index in [4.69, 9.17) is 4.74 Å². The maximum Gasteiger partial charge on any atom is 0.264 e. The highest BCUT2D eigenvalue weighted by Gasteiger charge is 2.41. The van der Waals surface area contributed by atoms with E-state index in [1.165, 1.54) is 11.0 Å². The van der Waals surface area contributed by atoms with Crippen LogP contribution < -0.4 is 10.1 Å². The number of anilines is 1. The number of fused-ring (bicyclic) bond motifs is 1. The number of nitrogens with one attached hydrogen (secondary N) is 1. The molecule has 0 bridgehead atoms. The third-order valence-corrected chi connectivity index (χ3v) is 6.40. The van der Waals surface area contributed by atoms with E-state index in [1.54, 1.807) is 42.5 Å². The van der Waals surface area contributed by atoms with Gasteiger partial charge in [-0.05, 0) is 55.3 Å². The second-order valence-electron chi connectivity index (χ2n) is 8.36. The van der Waals surface area contributed by atoms with Gasteiger partial charge in [-0.3, -0.25) is 9.59 Å². The van der Waals surface area contributed by atoms with Gasteiger partial charge in [0, 0.05) is 21.3 Å². The first-order chi connectivity index (χ1) is 16.9. The molecule has 0 aliphatic carbocycles. The maximum absolute atomic E-state index is 14.7. The Morgan fingerprint density at radius 1 is 1.06 bits per heavy atom. The minimum Gasteiger partial charge on any atom is -0.480 e. The number of amides is 2. The van der Waals surface area contributed by atoms with Crippen molar-refractivity contribution in [3.63, 3.8) is 0 Å². The zero-order chi connectivity index (χ0) is 24.9. The first-order valence-corrected chi connectivity index (χ1v) is 12.2. The molecule has 1 aliphatic rings. The summed E-state index contributed by atoms with van der Waals surface area (Å²) in [7, 11) is 0. The van der Waals surface area contributed by atoms with Crippen molar-refractivity contribution in [3.8, 4) is 5.75 Å². The van der Waals surface area contributed by atoms with Crippen molar-refractivity contribution >= 4 is 33.4 Å². The van der Waals surface area contributed by atoms with Crippen molar-refractivity contribution < 1.29 is 23.1 Å². The summed E-state index contributed by atoms with van der Waals surface area (Å²) in [5.74, 6) is -2.20. The molecule has 1 heterocycles. The van der Waals surface area contributed by atoms with Gasteiger partial charge < -0.3 is 15.0 Å². The molecule has 0 spiro atoms. The number of hydrogen-bond acceptors (Lipinski definition) is 3. The lowest BCUT2D eigenvalue weighted by Gasteiger charge is -2.31. The average Bonchev–Trinajstić information content (AvgIpc) is 2.95. The average molecular weight is 543 g/mol. The van der Waals surface area contributed by atoms with Crippen LogP contribution in [-0.4, -0.2) is 22.8 Å². The molecule has 2 amide bonds. The summed E-state index contributed by atoms with van der Waals surface area (Å²) in [6, 6.07) is 16.3. The molecule has 3 aromatic rings. The molecule has 5 nitrogen and oxygen atoms in total. The summed E-state index contributed by atoms with van der Waals surface area (Å²) in [5, 5.41) is 2.83. The SMILES string of the molecule is CCCCC1Oc2ccc(Br)cc2C(C(=O)Nc2ccccc2)N(Cc2c(F)cccc2F)C1=O. The Hall–Kier alpha value is -3.26. The van der Waals surface area contributed by atoms with Crippen molar-refractivity contribution in [1.29, 1.82) is 0 Å². The molecule has 0 aromatic heterocycles. The van der Waals surface area contributed by atoms with Gasteiger partial charge >= 0.3 is 0 Å². The predicted octanol–water partition coefficient (Wildman–Crippen LogP) is 6.39. The first-order valence-electron chi connectivity index (χ1n) is 11.4. The molecule has 182 valence electrons. The van der Waals surface area contributed by atoms with Crippen LogP contribution in [0.25, 0.3) is 0 Å². The van der Waals surface area contributed by atoms with Gasteiger partial charge in [-0.2, -0.15) is 0 Å². The lowest BCUT2D eigenvalue weighted by Crippen LogP contribution is -2.45. The van der Waals surface area contributed by atoms with Gasteiger partial charge in [0.05, 0.1) is 6.54 Å². The van der Waals surface area contributed by atoms with Gasteiger partial charge in [-0.25, -0.2) is 8.78 Å². The molecule has 3 aromatic carbocycles. The van der Waals surface area contributed by atoms with E-state index >= 15 is 0 Å². The smallest absolute Gasteiger partial charge is 0.264 e. The van der Waals surface area contributed by atoms with Crippen LogP contribution in [0, 0.1) is 11.6 Å². The topological polar surface area (TPSA) is 58.6 Å². The highest BCUT2D eigenvalue weighted by Crippen LogP contribution is 2.39. The minimum atomic E-state index is -1.18. The van der Waals surface area contributed by atoms with E-state index in [-0.39, 0.29) is 5.56 Å². The Morgan fingerprint density at radius 3 is 2.46 bits per heavy atom. The number of carbonyl (C=O) groups excluding carboxylic acids is 2. The molecular formula is C27H25BrF2N2O3. The number of nitrogens with zero attached hydrogens (tertiary/aromatic N) is 1. The first kappa shape index (κ1) is 24.9. The van der Waals surface area contributed by atoms with Crippen molar-refractivity contribution in [2.24, 2.45) is 0 Å². The van der Waals surface area contributed by atoms with E-state index in [0.29, 0.717) is 34.3 Å². The molecule has 0 saturated heterocycles. The number of rotatable bonds is 7. The summed E-state index contributed by atoms with van der Waals surface area (Å²) in [6.45, 7) is 1.57. The Kier molecular flexibility index (Phi) is 7.80. The number of para-hydroxylation sites is 1. The Bertz CT molecular complexity index is 1200. The zero-order valence-electron chi connectivity index (χ0n) is 19.1. The minimum absolute atomic E-state index is 0.286. The standard InChI is InChI=1S/C27H25BrF2N2O3/c1-2-3-12-24-27(34)32(16-20-21(29)10-7-11-22(20)30)25(19-15-17(28)13-14-23(19)35-24)26(33)31-18-8-5-4-6-9-18/h4-11,13-15,24-25H,2-3,12,16H2,1H3,(H,31,33). The lowest BCUT2D eigenvalue weighted by atomic mass is 10.0. The molecule has 35 heavy (non-hydrogen) atoms. The Morgan fingerprint density at radius 2 is 1.77 bits per heavy atom. The fourth-order valence-electron chi connectivity index (χ4n) is 4.13. The van der Waals surface area contributed by atoms with E-state index in [1.807, 2.05) is 13.0 Å². The van der Waals surface area contributed by atoms with Gasteiger partial charge in [0.2, 0.25) is 0 Å². The van der Waals surface area contributed by atoms with E-state index in [0.717, 1.165) is 18.6 Å². The second kappa shape index (κ2) is 11.0. The molecule has 0 fully saturated rings. The molecule has 4 rings (SSSR count). The fourth-order valence-corrected chi connectivity index (χ4v) is 4.51. The number of carbonyl (C=O) groups is 2. The molecule has 1 aliphatic heterocycles. The molecular weight excluding hydrogens is 518 g/mol. The fraction of sp³-hybridized carbons (Fsp3) is 0.259. The van der Waals surface area contributed by atoms with Crippen LogP contribution in [0.2, 0.25) is 0 Å². The number of benzene rings is 3. The third-order valence-electron chi connectivity index (χ3n) is 5.91. The molecule has 0 saturated carbocycles. The van der Waals surface area contributed by atoms with Crippen LogP contribution in [-0.2, 0) is 16.1 Å². The Labute approximate surface area is 211 Å². The molecule has 1 N–H and O–H groups in total. The normalized spacial score (nSPS) is 17.4. The van der Waals surface area contributed by atoms with Crippen LogP contribution in [0.15, 0.2) is 71.2 Å². The number of ether oxygens (including phenoxy) is 1. The van der Waals surface area contributed by atoms with Crippen molar-refractivity contribution in [3.05, 3.63) is 94.0 Å². The number of unbranched alkanes of at least 4 members (excludes halogenated alkanes) is 1. The number of hydrogen-bond donors (Lipinski definition) is 1. The van der Waals surface area contributed by atoms with Gasteiger partial charge in [0.1, 0.15) is 23.4 Å². The number of halogens is 3. The van der Waals surface area contributed by atoms with Crippen LogP contribution in [0.5, 0.6) is 5.75 Å². The van der Waals surface area contributed by atoms with E-state index in [9.17, 15) is 18.4 Å². The van der Waals surface area contributed by atoms with E-state index < -0.39 is 42.1 Å². The monoisotopic (exact) mass is 542 g/mol. The van der Waals surface area contributed by atoms with Crippen molar-refractivity contribution in [2.45, 2.75) is 44.9 Å². The predicted molar refractivity (Wildman–Crippen MR) is 133 cm³/mol. The summed E-state index contributed by atoms with van der Waals surface area (Å²) in [4.78, 5) is 28.7. The van der Waals surface area contributed by atoms with Crippen LogP contribution in [0.1, 0.15) is 43.4 Å². The highest BCUT2D eigenvalue weighted by molar-refractivity contribution is 9.10. The van der Waals surface area contributed by atoms with Gasteiger partial charge in [-0.15, -0.1) is 0 Å². The van der Waals surface area contributed by atoms with Gasteiger partial charge in [-0.1, -0.05) is 53.5 Å². The summed E-state index contributed by atoms with van der Waals surface area (Å²) >= 11 is 3.43. The summed E-state index contributed by atoms with van der Waals surface area (Å²) in [6.07, 6.45) is 1.07. The maximum atomic E-state index is 14.7. The largest absolute Gasteiger partial charge is 0.480 e. The lowest BCUT2D eigenvalue weighted by molar-refractivity contribution is -0.144. The molecule has 0 radical (unpaired) electrons. The molecule has 8 heteroatoms. The summed E-state index contributed by atoms with van der Waals surface area (Å²) in [5.41, 5.74) is 0.675. The second-order valence-corrected chi connectivity index (χ2v) is 9.27. The van der Waals surface area contributed by atoms with Gasteiger partial charge in [0.25, 0.3) is 11.8 Å². The van der Waals surface area contributed by atoms with Crippen LogP contribution >= 0.6 is 15.9 Å². The summed E-state index contributed by atoms with van der Waals surface area (Å²) < 4.78 is 36.1. The third kappa shape index (κ3) is 5.53. The van der Waals surface area contributed by atoms with Crippen molar-refractivity contribution in [1.82, 2.24) is 4.90 Å². The molecule has 2 atom stereocenters. The van der Waals surface area contributed by atoms with Crippen LogP contribution in [0.4, 0.5) is 14.5 Å². The quantitative estimate of drug-likeness (QED) is 0.376. The Balaban J connectivity index is 1.83. The molecule has 2 unspecified atom stereocenters. The van der Waals surface area contributed by atoms with Gasteiger partial charge in [0.15, 0.2) is 6.10 Å². The highest BCUT2D eigenvalue weighted by atomic mass is 79.9. The van der Waals surface area contributed by atoms with Crippen molar-refractivity contribution in [2.75, 3.05) is 5.32 Å².